The molecule has 0 heterocycles. The third kappa shape index (κ3) is 80.2. The monoisotopic (exact) mass is 442 g/mol. The van der Waals surface area contributed by atoms with E-state index in [1.54, 1.807) is 0 Å². The molecule has 0 aliphatic heterocycles. The molecule has 0 aromatic heterocycles. The summed E-state index contributed by atoms with van der Waals surface area (Å²) in [4.78, 5) is 0. The zero-order chi connectivity index (χ0) is 26.1. The van der Waals surface area contributed by atoms with Crippen LogP contribution in [0.5, 0.6) is 0 Å². The van der Waals surface area contributed by atoms with E-state index in [-0.39, 0.29) is 0 Å². The van der Waals surface area contributed by atoms with Crippen LogP contribution >= 0.6 is 0 Å². The molecule has 0 saturated heterocycles. The number of hydrogen-bond acceptors (Lipinski definition) is 0. The van der Waals surface area contributed by atoms with Crippen molar-refractivity contribution in [1.29, 1.82) is 0 Å². The Morgan fingerprint density at radius 2 is 0.250 bits per heavy atom. The lowest BCUT2D eigenvalue weighted by molar-refractivity contribution is 1.09. The Hall–Kier alpha value is -2.34. The van der Waals surface area contributed by atoms with E-state index in [0.717, 1.165) is 0 Å². The summed E-state index contributed by atoms with van der Waals surface area (Å²) in [5.74, 6) is 0. The molecule has 32 heavy (non-hydrogen) atoms. The molecular formula is C32H58. The first-order valence-corrected chi connectivity index (χ1v) is 12.8. The Balaban J connectivity index is -0.0000000626. The molecule has 0 radical (unpaired) electrons. The largest absolute Gasteiger partial charge is 0.0683 e. The Bertz CT molecular complexity index is 317. The predicted molar refractivity (Wildman–Crippen MR) is 157 cm³/mol. The summed E-state index contributed by atoms with van der Waals surface area (Å²) in [5, 5.41) is 0. The van der Waals surface area contributed by atoms with E-state index >= 15 is 0 Å². The van der Waals surface area contributed by atoms with Crippen LogP contribution in [0.15, 0.2) is 109 Å². The lowest BCUT2D eigenvalue weighted by Crippen LogP contribution is -1.47. The van der Waals surface area contributed by atoms with Gasteiger partial charge >= 0.3 is 0 Å². The lowest BCUT2D eigenvalue weighted by Gasteiger charge is -1.69. The minimum absolute atomic E-state index is 1.25. The summed E-state index contributed by atoms with van der Waals surface area (Å²) < 4.78 is 0. The van der Waals surface area contributed by atoms with Gasteiger partial charge in [-0.25, -0.2) is 0 Å². The van der Waals surface area contributed by atoms with Crippen LogP contribution in [0.1, 0.15) is 95.9 Å². The van der Waals surface area contributed by atoms with Gasteiger partial charge in [-0.2, -0.15) is 0 Å². The first kappa shape index (κ1) is 43.5. The van der Waals surface area contributed by atoms with E-state index in [2.05, 4.69) is 27.7 Å². The van der Waals surface area contributed by atoms with Gasteiger partial charge in [0.2, 0.25) is 0 Å². The van der Waals surface area contributed by atoms with Gasteiger partial charge in [0.1, 0.15) is 0 Å². The van der Waals surface area contributed by atoms with Crippen molar-refractivity contribution in [3.8, 4) is 0 Å². The summed E-state index contributed by atoms with van der Waals surface area (Å²) in [6.45, 7) is 24.5. The topological polar surface area (TPSA) is 0 Å². The SMILES string of the molecule is CC.CC.CC.CC.CCC.CCC.c1ccccc1.c1ccccc1.c1ccccc1. The van der Waals surface area contributed by atoms with Gasteiger partial charge in [-0.1, -0.05) is 205 Å². The van der Waals surface area contributed by atoms with Crippen molar-refractivity contribution >= 4 is 0 Å². The van der Waals surface area contributed by atoms with Crippen molar-refractivity contribution in [1.82, 2.24) is 0 Å². The van der Waals surface area contributed by atoms with E-state index in [4.69, 9.17) is 0 Å². The van der Waals surface area contributed by atoms with Crippen LogP contribution in [0.2, 0.25) is 0 Å². The maximum absolute atomic E-state index is 2.12. The third-order valence-corrected chi connectivity index (χ3v) is 2.00. The summed E-state index contributed by atoms with van der Waals surface area (Å²) in [6, 6.07) is 36.0. The van der Waals surface area contributed by atoms with Crippen LogP contribution in [0, 0.1) is 0 Å². The van der Waals surface area contributed by atoms with Crippen molar-refractivity contribution < 1.29 is 0 Å². The van der Waals surface area contributed by atoms with Gasteiger partial charge in [0.05, 0.1) is 0 Å². The van der Waals surface area contributed by atoms with Crippen molar-refractivity contribution in [3.05, 3.63) is 109 Å². The second kappa shape index (κ2) is 70.3. The van der Waals surface area contributed by atoms with E-state index in [0.29, 0.717) is 0 Å². The standard InChI is InChI=1S/3C6H6.2C3H8.4C2H6/c3*1-2-4-6-5-3-1;2*1-3-2;4*1-2/h3*1-6H;2*3H2,1-2H3;4*1-2H3. The van der Waals surface area contributed by atoms with Crippen molar-refractivity contribution in [2.45, 2.75) is 95.9 Å². The lowest BCUT2D eigenvalue weighted by atomic mass is 10.4. The number of benzene rings is 3. The molecule has 0 bridgehead atoms. The van der Waals surface area contributed by atoms with Crippen LogP contribution in [-0.2, 0) is 0 Å². The molecule has 0 fully saturated rings. The summed E-state index contributed by atoms with van der Waals surface area (Å²) >= 11 is 0. The zero-order valence-corrected chi connectivity index (χ0v) is 23.8. The summed E-state index contributed by atoms with van der Waals surface area (Å²) in [7, 11) is 0. The molecular weight excluding hydrogens is 384 g/mol. The van der Waals surface area contributed by atoms with E-state index in [1.807, 2.05) is 165 Å². The highest BCUT2D eigenvalue weighted by Crippen LogP contribution is 1.81. The number of hydrogen-bond donors (Lipinski definition) is 0. The van der Waals surface area contributed by atoms with Crippen LogP contribution in [-0.4, -0.2) is 0 Å². The molecule has 0 aliphatic carbocycles. The average Bonchev–Trinajstić information content (AvgIpc) is 2.93. The number of rotatable bonds is 0. The molecule has 3 rings (SSSR count). The molecule has 0 nitrogen and oxygen atoms in total. The first-order chi connectivity index (χ1) is 15.8. The molecule has 0 unspecified atom stereocenters. The Morgan fingerprint density at radius 1 is 0.219 bits per heavy atom. The highest BCUT2D eigenvalue weighted by Gasteiger charge is 1.59. The Kier molecular flexibility index (Phi) is 95.6. The van der Waals surface area contributed by atoms with Crippen molar-refractivity contribution in [2.24, 2.45) is 0 Å². The second-order valence-corrected chi connectivity index (χ2v) is 4.88. The Morgan fingerprint density at radius 3 is 0.281 bits per heavy atom. The molecule has 0 N–H and O–H groups in total. The predicted octanol–water partition coefficient (Wildman–Crippen LogP) is 12.0. The maximum Gasteiger partial charge on any atom is -0.0590 e. The van der Waals surface area contributed by atoms with Gasteiger partial charge in [-0.3, -0.25) is 0 Å². The second-order valence-electron chi connectivity index (χ2n) is 4.88. The first-order valence-electron chi connectivity index (χ1n) is 12.8. The summed E-state index contributed by atoms with van der Waals surface area (Å²) in [6.07, 6.45) is 2.50. The van der Waals surface area contributed by atoms with Crippen LogP contribution in [0.4, 0.5) is 0 Å². The average molecular weight is 443 g/mol. The molecule has 0 amide bonds. The molecule has 0 atom stereocenters. The fourth-order valence-electron chi connectivity index (χ4n) is 1.15. The Labute approximate surface area is 205 Å². The fourth-order valence-corrected chi connectivity index (χ4v) is 1.15. The highest BCUT2D eigenvalue weighted by atomic mass is 13.7. The van der Waals surface area contributed by atoms with Gasteiger partial charge in [0.25, 0.3) is 0 Å². The minimum Gasteiger partial charge on any atom is -0.0683 e. The van der Waals surface area contributed by atoms with Crippen LogP contribution in [0.25, 0.3) is 0 Å². The maximum atomic E-state index is 2.12. The minimum atomic E-state index is 1.25. The zero-order valence-electron chi connectivity index (χ0n) is 23.8. The summed E-state index contributed by atoms with van der Waals surface area (Å²) in [5.41, 5.74) is 0. The molecule has 0 saturated carbocycles. The molecule has 3 aromatic rings. The third-order valence-electron chi connectivity index (χ3n) is 2.00. The molecule has 0 heteroatoms. The van der Waals surface area contributed by atoms with Gasteiger partial charge in [-0.05, 0) is 0 Å². The normalized spacial score (nSPS) is 6.38. The van der Waals surface area contributed by atoms with E-state index < -0.39 is 0 Å². The van der Waals surface area contributed by atoms with Gasteiger partial charge in [0, 0.05) is 0 Å². The fraction of sp³-hybridized carbons (Fsp3) is 0.438. The van der Waals surface area contributed by atoms with Gasteiger partial charge in [0.15, 0.2) is 0 Å². The van der Waals surface area contributed by atoms with Crippen LogP contribution < -0.4 is 0 Å². The smallest absolute Gasteiger partial charge is 0.0590 e. The van der Waals surface area contributed by atoms with Gasteiger partial charge in [-0.15, -0.1) is 0 Å². The van der Waals surface area contributed by atoms with Gasteiger partial charge < -0.3 is 0 Å². The molecule has 0 aliphatic rings. The molecule has 3 aromatic carbocycles. The van der Waals surface area contributed by atoms with E-state index in [9.17, 15) is 0 Å². The van der Waals surface area contributed by atoms with Crippen LogP contribution in [0.3, 0.4) is 0 Å². The molecule has 0 spiro atoms. The van der Waals surface area contributed by atoms with Crippen molar-refractivity contribution in [2.75, 3.05) is 0 Å². The highest BCUT2D eigenvalue weighted by molar-refractivity contribution is 5.00. The quantitative estimate of drug-likeness (QED) is 0.324. The van der Waals surface area contributed by atoms with E-state index in [1.165, 1.54) is 12.8 Å². The molecule has 186 valence electrons. The van der Waals surface area contributed by atoms with Crippen molar-refractivity contribution in [3.63, 3.8) is 0 Å².